The normalized spacial score (nSPS) is 11.6. The fraction of sp³-hybridized carbons (Fsp3) is 0.0526. The lowest BCUT2D eigenvalue weighted by Gasteiger charge is -2.13. The molecular weight excluding hydrogens is 466 g/mol. The van der Waals surface area contributed by atoms with Crippen molar-refractivity contribution in [2.75, 3.05) is 10.5 Å². The van der Waals surface area contributed by atoms with Gasteiger partial charge in [-0.2, -0.15) is 4.98 Å². The first-order valence-corrected chi connectivity index (χ1v) is 10.7. The van der Waals surface area contributed by atoms with Gasteiger partial charge >= 0.3 is 0 Å². The van der Waals surface area contributed by atoms with Gasteiger partial charge in [0.15, 0.2) is 5.82 Å². The zero-order chi connectivity index (χ0) is 23.2. The Morgan fingerprint density at radius 2 is 1.88 bits per heavy atom. The molecule has 3 heterocycles. The number of hydrogen-bond donors (Lipinski definition) is 2. The molecule has 0 saturated carbocycles. The van der Waals surface area contributed by atoms with Crippen LogP contribution >= 0.6 is 11.6 Å². The lowest BCUT2D eigenvalue weighted by atomic mass is 10.0. The Morgan fingerprint density at radius 3 is 2.56 bits per heavy atom. The van der Waals surface area contributed by atoms with E-state index in [1.807, 2.05) is 4.72 Å². The van der Waals surface area contributed by atoms with Crippen LogP contribution in [0.2, 0.25) is 5.15 Å². The summed E-state index contributed by atoms with van der Waals surface area (Å²) in [5, 5.41) is 0.366. The number of nitrogens with zero attached hydrogens (tertiary/aromatic N) is 4. The molecule has 3 N–H and O–H groups in total. The molecule has 0 amide bonds. The molecule has 0 radical (unpaired) electrons. The SMILES string of the molecule is Cn1c(=O)c(-c2c(F)ccc(NS(=O)(=O)c3ccc(Cl)nc3)c2F)cc2cnc(N)nc21. The molecule has 0 aliphatic rings. The first-order valence-electron chi connectivity index (χ1n) is 8.83. The zero-order valence-electron chi connectivity index (χ0n) is 16.2. The minimum Gasteiger partial charge on any atom is -0.368 e. The molecule has 4 aromatic rings. The third kappa shape index (κ3) is 3.74. The number of sulfonamides is 1. The Bertz CT molecular complexity index is 1540. The van der Waals surface area contributed by atoms with Gasteiger partial charge in [0.1, 0.15) is 21.5 Å². The molecule has 0 saturated heterocycles. The Morgan fingerprint density at radius 1 is 1.12 bits per heavy atom. The number of pyridine rings is 2. The Labute approximate surface area is 184 Å². The topological polar surface area (TPSA) is 133 Å². The molecule has 0 unspecified atom stereocenters. The van der Waals surface area contributed by atoms with Gasteiger partial charge in [-0.05, 0) is 30.3 Å². The van der Waals surface area contributed by atoms with Crippen molar-refractivity contribution in [2.45, 2.75) is 4.90 Å². The highest BCUT2D eigenvalue weighted by atomic mass is 35.5. The summed E-state index contributed by atoms with van der Waals surface area (Å²) in [5.41, 5.74) is 3.32. The largest absolute Gasteiger partial charge is 0.368 e. The van der Waals surface area contributed by atoms with E-state index in [-0.39, 0.29) is 27.2 Å². The van der Waals surface area contributed by atoms with E-state index in [2.05, 4.69) is 15.0 Å². The number of aryl methyl sites for hydroxylation is 1. The average Bonchev–Trinajstić information content (AvgIpc) is 2.74. The van der Waals surface area contributed by atoms with Gasteiger partial charge in [-0.15, -0.1) is 0 Å². The number of nitrogens with one attached hydrogen (secondary N) is 1. The summed E-state index contributed by atoms with van der Waals surface area (Å²) >= 11 is 5.66. The van der Waals surface area contributed by atoms with Crippen molar-refractivity contribution in [3.8, 4) is 11.1 Å². The highest BCUT2D eigenvalue weighted by molar-refractivity contribution is 7.92. The highest BCUT2D eigenvalue weighted by Gasteiger charge is 2.23. The van der Waals surface area contributed by atoms with E-state index in [1.54, 1.807) is 0 Å². The number of fused-ring (bicyclic) bond motifs is 1. The Hall–Kier alpha value is -3.64. The van der Waals surface area contributed by atoms with E-state index >= 15 is 4.39 Å². The molecule has 0 fully saturated rings. The maximum Gasteiger partial charge on any atom is 0.263 e. The lowest BCUT2D eigenvalue weighted by molar-refractivity contribution is 0.587. The van der Waals surface area contributed by atoms with Gasteiger partial charge < -0.3 is 5.73 Å². The van der Waals surface area contributed by atoms with Crippen molar-refractivity contribution < 1.29 is 17.2 Å². The molecule has 32 heavy (non-hydrogen) atoms. The predicted molar refractivity (Wildman–Crippen MR) is 115 cm³/mol. The van der Waals surface area contributed by atoms with Gasteiger partial charge in [0, 0.05) is 24.8 Å². The highest BCUT2D eigenvalue weighted by Crippen LogP contribution is 2.31. The van der Waals surface area contributed by atoms with Gasteiger partial charge in [-0.3, -0.25) is 14.1 Å². The molecule has 0 bridgehead atoms. The van der Waals surface area contributed by atoms with Crippen LogP contribution in [0.4, 0.5) is 20.4 Å². The second-order valence-corrected chi connectivity index (χ2v) is 8.71. The van der Waals surface area contributed by atoms with E-state index in [4.69, 9.17) is 17.3 Å². The average molecular weight is 479 g/mol. The standard InChI is InChI=1S/C19H13ClF2N6O3S/c1-28-17-9(7-25-19(23)26-17)6-11(18(28)29)15-12(21)3-4-13(16(15)22)27-32(30,31)10-2-5-14(20)24-8-10/h2-8,27H,1H3,(H2,23,25,26). The van der Waals surface area contributed by atoms with Crippen molar-refractivity contribution in [2.24, 2.45) is 7.05 Å². The summed E-state index contributed by atoms with van der Waals surface area (Å²) in [7, 11) is -2.92. The van der Waals surface area contributed by atoms with E-state index in [0.29, 0.717) is 5.39 Å². The van der Waals surface area contributed by atoms with Gasteiger partial charge in [0.25, 0.3) is 15.6 Å². The predicted octanol–water partition coefficient (Wildman–Crippen LogP) is 2.71. The van der Waals surface area contributed by atoms with Crippen molar-refractivity contribution in [1.29, 1.82) is 0 Å². The van der Waals surface area contributed by atoms with Crippen LogP contribution < -0.4 is 16.0 Å². The maximum absolute atomic E-state index is 15.3. The van der Waals surface area contributed by atoms with Crippen LogP contribution in [0.15, 0.2) is 52.4 Å². The van der Waals surface area contributed by atoms with E-state index < -0.39 is 38.5 Å². The number of hydrogen-bond acceptors (Lipinski definition) is 7. The third-order valence-electron chi connectivity index (χ3n) is 4.58. The van der Waals surface area contributed by atoms with Crippen molar-refractivity contribution in [3.05, 3.63) is 69.9 Å². The molecule has 0 aliphatic carbocycles. The molecule has 0 atom stereocenters. The Kier molecular flexibility index (Phi) is 5.26. The third-order valence-corrected chi connectivity index (χ3v) is 6.16. The van der Waals surface area contributed by atoms with E-state index in [1.165, 1.54) is 31.4 Å². The number of anilines is 2. The number of benzene rings is 1. The number of nitrogen functional groups attached to an aromatic ring is 1. The molecule has 4 rings (SSSR count). The van der Waals surface area contributed by atoms with Crippen molar-refractivity contribution >= 4 is 44.3 Å². The molecule has 0 spiro atoms. The van der Waals surface area contributed by atoms with Crippen LogP contribution in [0.1, 0.15) is 0 Å². The summed E-state index contributed by atoms with van der Waals surface area (Å²) in [6, 6.07) is 5.38. The van der Waals surface area contributed by atoms with Gasteiger partial charge in [-0.1, -0.05) is 11.6 Å². The summed E-state index contributed by atoms with van der Waals surface area (Å²) in [6.45, 7) is 0. The van der Waals surface area contributed by atoms with Crippen molar-refractivity contribution in [3.63, 3.8) is 0 Å². The van der Waals surface area contributed by atoms with Gasteiger partial charge in [0.2, 0.25) is 5.95 Å². The van der Waals surface area contributed by atoms with Crippen molar-refractivity contribution in [1.82, 2.24) is 19.5 Å². The fourth-order valence-corrected chi connectivity index (χ4v) is 4.16. The second kappa shape index (κ2) is 7.80. The van der Waals surface area contributed by atoms with Crippen LogP contribution in [0.3, 0.4) is 0 Å². The smallest absolute Gasteiger partial charge is 0.263 e. The molecule has 164 valence electrons. The number of nitrogens with two attached hydrogens (primary N) is 1. The van der Waals surface area contributed by atoms with Crippen LogP contribution in [0.5, 0.6) is 0 Å². The van der Waals surface area contributed by atoms with Crippen LogP contribution in [0.25, 0.3) is 22.2 Å². The maximum atomic E-state index is 15.3. The molecule has 13 heteroatoms. The number of aromatic nitrogens is 4. The summed E-state index contributed by atoms with van der Waals surface area (Å²) < 4.78 is 58.2. The van der Waals surface area contributed by atoms with E-state index in [9.17, 15) is 17.6 Å². The summed E-state index contributed by atoms with van der Waals surface area (Å²) in [6.07, 6.45) is 2.29. The zero-order valence-corrected chi connectivity index (χ0v) is 17.7. The lowest BCUT2D eigenvalue weighted by Crippen LogP contribution is -2.21. The van der Waals surface area contributed by atoms with Gasteiger partial charge in [-0.25, -0.2) is 27.2 Å². The van der Waals surface area contributed by atoms with Gasteiger partial charge in [0.05, 0.1) is 16.8 Å². The molecule has 3 aromatic heterocycles. The minimum atomic E-state index is -4.27. The van der Waals surface area contributed by atoms with E-state index in [0.717, 1.165) is 22.9 Å². The fourth-order valence-electron chi connectivity index (χ4n) is 3.04. The van der Waals surface area contributed by atoms with Crippen LogP contribution in [-0.4, -0.2) is 27.9 Å². The second-order valence-electron chi connectivity index (χ2n) is 6.64. The summed E-state index contributed by atoms with van der Waals surface area (Å²) in [5.74, 6) is -2.42. The molecular formula is C19H13ClF2N6O3S. The summed E-state index contributed by atoms with van der Waals surface area (Å²) in [4.78, 5) is 24.0. The molecule has 9 nitrogen and oxygen atoms in total. The first-order chi connectivity index (χ1) is 15.1. The van der Waals surface area contributed by atoms with Crippen LogP contribution in [0, 0.1) is 11.6 Å². The number of halogens is 3. The monoisotopic (exact) mass is 478 g/mol. The molecule has 0 aliphatic heterocycles. The number of rotatable bonds is 4. The quantitative estimate of drug-likeness (QED) is 0.431. The Balaban J connectivity index is 1.87. The van der Waals surface area contributed by atoms with Crippen LogP contribution in [-0.2, 0) is 17.1 Å². The minimum absolute atomic E-state index is 0.0667. The molecule has 1 aromatic carbocycles. The first kappa shape index (κ1) is 21.6.